The van der Waals surface area contributed by atoms with Crippen LogP contribution in [0.5, 0.6) is 0 Å². The maximum atomic E-state index is 5.06. The molecule has 1 heterocycles. The maximum absolute atomic E-state index is 5.06. The summed E-state index contributed by atoms with van der Waals surface area (Å²) in [5.74, 6) is 0. The van der Waals surface area contributed by atoms with Crippen molar-refractivity contribution in [2.75, 3.05) is 0 Å². The summed E-state index contributed by atoms with van der Waals surface area (Å²) >= 11 is 0. The molecule has 0 atom stereocenters. The Morgan fingerprint density at radius 3 is 2.40 bits per heavy atom. The molecular formula is C18H10OY-2. The Balaban J connectivity index is 0.00000121. The second-order valence-corrected chi connectivity index (χ2v) is 4.58. The molecule has 0 aliphatic heterocycles. The fourth-order valence-corrected chi connectivity index (χ4v) is 2.50. The molecule has 0 unspecified atom stereocenters. The maximum Gasteiger partial charge on any atom is 0 e. The largest absolute Gasteiger partial charge is 0.576 e. The van der Waals surface area contributed by atoms with Crippen molar-refractivity contribution in [2.24, 2.45) is 0 Å². The molecule has 0 aliphatic carbocycles. The number of benzene rings is 3. The zero-order valence-corrected chi connectivity index (χ0v) is 13.6. The SMILES string of the molecule is [Y].[c-]1occc1-c1[c-]ccc2cc3ccccc3cc12. The minimum Gasteiger partial charge on any atom is -0.576 e. The average molecular weight is 331 g/mol. The first kappa shape index (κ1) is 13.5. The summed E-state index contributed by atoms with van der Waals surface area (Å²) in [6, 6.07) is 22.0. The van der Waals surface area contributed by atoms with Gasteiger partial charge in [0.2, 0.25) is 0 Å². The predicted molar refractivity (Wildman–Crippen MR) is 76.8 cm³/mol. The van der Waals surface area contributed by atoms with Gasteiger partial charge in [0.25, 0.3) is 0 Å². The Bertz CT molecular complexity index is 863. The van der Waals surface area contributed by atoms with Gasteiger partial charge in [-0.15, -0.1) is 16.8 Å². The number of furan rings is 1. The monoisotopic (exact) mass is 331 g/mol. The molecule has 0 saturated heterocycles. The molecule has 1 radical (unpaired) electrons. The van der Waals surface area contributed by atoms with Gasteiger partial charge in [0, 0.05) is 32.7 Å². The molecule has 0 fully saturated rings. The van der Waals surface area contributed by atoms with Crippen LogP contribution < -0.4 is 0 Å². The molecule has 1 nitrogen and oxygen atoms in total. The van der Waals surface area contributed by atoms with Crippen molar-refractivity contribution in [3.8, 4) is 11.1 Å². The van der Waals surface area contributed by atoms with Crippen molar-refractivity contribution in [3.05, 3.63) is 73.2 Å². The second-order valence-electron chi connectivity index (χ2n) is 4.58. The Hall–Kier alpha value is -1.44. The van der Waals surface area contributed by atoms with Crippen LogP contribution in [-0.4, -0.2) is 0 Å². The Kier molecular flexibility index (Phi) is 3.73. The summed E-state index contributed by atoms with van der Waals surface area (Å²) in [5.41, 5.74) is 1.98. The first-order valence-electron chi connectivity index (χ1n) is 6.20. The molecule has 2 heteroatoms. The molecule has 0 saturated carbocycles. The van der Waals surface area contributed by atoms with Gasteiger partial charge in [0.05, 0.1) is 0 Å². The van der Waals surface area contributed by atoms with E-state index < -0.39 is 0 Å². The molecule has 20 heavy (non-hydrogen) atoms. The molecule has 4 rings (SSSR count). The van der Waals surface area contributed by atoms with Crippen molar-refractivity contribution in [3.63, 3.8) is 0 Å². The zero-order chi connectivity index (χ0) is 12.7. The van der Waals surface area contributed by atoms with Gasteiger partial charge in [-0.3, -0.25) is 0 Å². The summed E-state index contributed by atoms with van der Waals surface area (Å²) in [6.07, 6.45) is 4.53. The summed E-state index contributed by atoms with van der Waals surface area (Å²) < 4.78 is 5.06. The summed E-state index contributed by atoms with van der Waals surface area (Å²) in [4.78, 5) is 0. The van der Waals surface area contributed by atoms with E-state index in [2.05, 4.69) is 54.8 Å². The fraction of sp³-hybridized carbons (Fsp3) is 0. The Morgan fingerprint density at radius 2 is 1.65 bits per heavy atom. The molecule has 4 aromatic rings. The standard InChI is InChI=1S/C18H10O.Y/c1-2-5-14-11-18-15(10-13(14)4-1)6-3-7-17(18)16-8-9-19-12-16;/h1-6,8-11H;/q-2;. The zero-order valence-electron chi connectivity index (χ0n) is 10.8. The van der Waals surface area contributed by atoms with Gasteiger partial charge in [-0.25, -0.2) is 5.56 Å². The Labute approximate surface area is 142 Å². The van der Waals surface area contributed by atoms with Crippen molar-refractivity contribution in [1.29, 1.82) is 0 Å². The van der Waals surface area contributed by atoms with Crippen LogP contribution in [0.25, 0.3) is 32.7 Å². The molecule has 1 aromatic heterocycles. The van der Waals surface area contributed by atoms with Gasteiger partial charge in [0.1, 0.15) is 0 Å². The number of fused-ring (bicyclic) bond motifs is 2. The smallest absolute Gasteiger partial charge is 0 e. The van der Waals surface area contributed by atoms with E-state index in [0.29, 0.717) is 0 Å². The van der Waals surface area contributed by atoms with Crippen LogP contribution in [0, 0.1) is 12.3 Å². The molecular weight excluding hydrogens is 321 g/mol. The van der Waals surface area contributed by atoms with Crippen LogP contribution >= 0.6 is 0 Å². The quantitative estimate of drug-likeness (QED) is 0.359. The average Bonchev–Trinajstić information content (AvgIpc) is 2.98. The van der Waals surface area contributed by atoms with Crippen molar-refractivity contribution in [1.82, 2.24) is 0 Å². The van der Waals surface area contributed by atoms with Gasteiger partial charge >= 0.3 is 0 Å². The van der Waals surface area contributed by atoms with Crippen molar-refractivity contribution >= 4 is 21.5 Å². The number of hydrogen-bond acceptors (Lipinski definition) is 1. The van der Waals surface area contributed by atoms with Crippen LogP contribution in [0.1, 0.15) is 0 Å². The van der Waals surface area contributed by atoms with E-state index in [1.807, 2.05) is 12.1 Å². The van der Waals surface area contributed by atoms with Gasteiger partial charge in [-0.1, -0.05) is 36.4 Å². The molecule has 0 amide bonds. The first-order chi connectivity index (χ1) is 9.42. The van der Waals surface area contributed by atoms with E-state index in [4.69, 9.17) is 4.42 Å². The third-order valence-electron chi connectivity index (χ3n) is 3.42. The molecule has 0 spiro atoms. The fourth-order valence-electron chi connectivity index (χ4n) is 2.50. The van der Waals surface area contributed by atoms with Crippen LogP contribution in [0.15, 0.2) is 65.3 Å². The van der Waals surface area contributed by atoms with E-state index in [1.165, 1.54) is 21.5 Å². The minimum atomic E-state index is 0. The summed E-state index contributed by atoms with van der Waals surface area (Å²) in [7, 11) is 0. The van der Waals surface area contributed by atoms with Crippen LogP contribution in [0.3, 0.4) is 0 Å². The van der Waals surface area contributed by atoms with E-state index in [9.17, 15) is 0 Å². The molecule has 3 aromatic carbocycles. The molecule has 0 aliphatic rings. The van der Waals surface area contributed by atoms with Crippen molar-refractivity contribution in [2.45, 2.75) is 0 Å². The summed E-state index contributed by atoms with van der Waals surface area (Å²) in [6.45, 7) is 0. The molecule has 0 bridgehead atoms. The van der Waals surface area contributed by atoms with E-state index in [1.54, 1.807) is 6.26 Å². The topological polar surface area (TPSA) is 13.1 Å². The van der Waals surface area contributed by atoms with Gasteiger partial charge in [-0.2, -0.15) is 23.8 Å². The van der Waals surface area contributed by atoms with E-state index in [-0.39, 0.29) is 32.7 Å². The first-order valence-corrected chi connectivity index (χ1v) is 6.20. The van der Waals surface area contributed by atoms with E-state index in [0.717, 1.165) is 11.1 Å². The van der Waals surface area contributed by atoms with Gasteiger partial charge in [-0.05, 0) is 23.3 Å². The van der Waals surface area contributed by atoms with Crippen molar-refractivity contribution < 1.29 is 37.1 Å². The second kappa shape index (κ2) is 5.51. The van der Waals surface area contributed by atoms with E-state index >= 15 is 0 Å². The predicted octanol–water partition coefficient (Wildman–Crippen LogP) is 4.85. The summed E-state index contributed by atoms with van der Waals surface area (Å²) in [5, 5.41) is 4.88. The van der Waals surface area contributed by atoms with Gasteiger partial charge in [0.15, 0.2) is 0 Å². The minimum absolute atomic E-state index is 0. The number of rotatable bonds is 1. The normalized spacial score (nSPS) is 10.6. The third-order valence-corrected chi connectivity index (χ3v) is 3.42. The van der Waals surface area contributed by atoms with Crippen LogP contribution in [-0.2, 0) is 32.7 Å². The number of hydrogen-bond donors (Lipinski definition) is 0. The van der Waals surface area contributed by atoms with Gasteiger partial charge < -0.3 is 4.42 Å². The molecule has 0 N–H and O–H groups in total. The Morgan fingerprint density at radius 1 is 0.850 bits per heavy atom. The third kappa shape index (κ3) is 2.21. The molecule has 93 valence electrons. The van der Waals surface area contributed by atoms with Crippen LogP contribution in [0.4, 0.5) is 0 Å². The van der Waals surface area contributed by atoms with Crippen LogP contribution in [0.2, 0.25) is 0 Å².